The third-order valence-corrected chi connectivity index (χ3v) is 8.16. The summed E-state index contributed by atoms with van der Waals surface area (Å²) in [6.45, 7) is 8.56. The van der Waals surface area contributed by atoms with E-state index in [0.717, 1.165) is 31.3 Å². The van der Waals surface area contributed by atoms with E-state index < -0.39 is 5.41 Å². The molecule has 4 rings (SSSR count). The van der Waals surface area contributed by atoms with Crippen LogP contribution in [0, 0.1) is 28.1 Å². The van der Waals surface area contributed by atoms with Crippen molar-refractivity contribution in [1.82, 2.24) is 0 Å². The number of carbonyl (C=O) groups is 2. The number of aliphatic hydroxyl groups is 1. The Hall–Kier alpha value is -1.16. The summed E-state index contributed by atoms with van der Waals surface area (Å²) in [6, 6.07) is 0. The summed E-state index contributed by atoms with van der Waals surface area (Å²) in [5.41, 5.74) is 0.141. The highest BCUT2D eigenvalue weighted by atomic mass is 16.5. The fourth-order valence-electron chi connectivity index (χ4n) is 6.71. The first kappa shape index (κ1) is 16.3. The predicted molar refractivity (Wildman–Crippen MR) is 89.0 cm³/mol. The van der Waals surface area contributed by atoms with Crippen LogP contribution in [-0.4, -0.2) is 29.1 Å². The van der Waals surface area contributed by atoms with Gasteiger partial charge in [0.2, 0.25) is 0 Å². The van der Waals surface area contributed by atoms with Crippen LogP contribution in [0.3, 0.4) is 0 Å². The van der Waals surface area contributed by atoms with Crippen LogP contribution in [0.1, 0.15) is 59.8 Å². The minimum atomic E-state index is -0.611. The molecular weight excluding hydrogens is 304 g/mol. The molecular formula is C20H28O4. The van der Waals surface area contributed by atoms with Crippen molar-refractivity contribution < 1.29 is 19.4 Å². The monoisotopic (exact) mass is 332 g/mol. The Kier molecular flexibility index (Phi) is 3.21. The van der Waals surface area contributed by atoms with Crippen molar-refractivity contribution in [3.05, 3.63) is 11.6 Å². The Bertz CT molecular complexity index is 648. The highest BCUT2D eigenvalue weighted by Gasteiger charge is 2.67. The second kappa shape index (κ2) is 4.72. The fourth-order valence-corrected chi connectivity index (χ4v) is 6.71. The van der Waals surface area contributed by atoms with Crippen molar-refractivity contribution in [2.45, 2.75) is 72.0 Å². The zero-order chi connectivity index (χ0) is 17.5. The van der Waals surface area contributed by atoms with Crippen LogP contribution < -0.4 is 0 Å². The molecule has 0 amide bonds. The average molecular weight is 332 g/mol. The van der Waals surface area contributed by atoms with Gasteiger partial charge in [-0.3, -0.25) is 4.79 Å². The van der Waals surface area contributed by atoms with Crippen LogP contribution in [0.2, 0.25) is 0 Å². The van der Waals surface area contributed by atoms with Crippen LogP contribution in [-0.2, 0) is 14.3 Å². The summed E-state index contributed by atoms with van der Waals surface area (Å²) in [7, 11) is 0. The topological polar surface area (TPSA) is 63.6 Å². The van der Waals surface area contributed by atoms with Crippen molar-refractivity contribution in [2.24, 2.45) is 28.1 Å². The molecule has 0 aromatic carbocycles. The zero-order valence-corrected chi connectivity index (χ0v) is 15.1. The molecule has 24 heavy (non-hydrogen) atoms. The number of esters is 1. The third kappa shape index (κ3) is 1.78. The summed E-state index contributed by atoms with van der Waals surface area (Å²) in [4.78, 5) is 25.1. The van der Waals surface area contributed by atoms with E-state index in [1.54, 1.807) is 6.08 Å². The molecule has 0 unspecified atom stereocenters. The molecule has 1 N–H and O–H groups in total. The van der Waals surface area contributed by atoms with Crippen LogP contribution in [0.4, 0.5) is 0 Å². The van der Waals surface area contributed by atoms with E-state index >= 15 is 0 Å². The molecule has 0 saturated heterocycles. The van der Waals surface area contributed by atoms with Crippen LogP contribution in [0.15, 0.2) is 11.6 Å². The number of fused-ring (bicyclic) bond motifs is 5. The summed E-state index contributed by atoms with van der Waals surface area (Å²) >= 11 is 0. The number of carbonyl (C=O) groups excluding carboxylic acids is 2. The van der Waals surface area contributed by atoms with Gasteiger partial charge in [0.25, 0.3) is 0 Å². The minimum absolute atomic E-state index is 0.00587. The highest BCUT2D eigenvalue weighted by molar-refractivity contribution is 5.92. The lowest BCUT2D eigenvalue weighted by Gasteiger charge is -2.64. The van der Waals surface area contributed by atoms with Gasteiger partial charge in [-0.25, -0.2) is 4.79 Å². The second-order valence-corrected chi connectivity index (χ2v) is 9.47. The first-order valence-electron chi connectivity index (χ1n) is 9.24. The molecule has 4 nitrogen and oxygen atoms in total. The SMILES string of the molecule is CC1(C)[C@@H](O)CC[C@]2(C)[C@H]3CCC4=CC(=O)O[C@@H]4[C@@]3(C)C(=O)C[C@@H]12. The normalized spacial score (nSPS) is 49.6. The van der Waals surface area contributed by atoms with Gasteiger partial charge in [0, 0.05) is 12.5 Å². The molecule has 0 bridgehead atoms. The number of hydrogen-bond donors (Lipinski definition) is 1. The quantitative estimate of drug-likeness (QED) is 0.693. The van der Waals surface area contributed by atoms with Gasteiger partial charge < -0.3 is 9.84 Å². The standard InChI is InChI=1S/C20H28O4/c1-18(2)13-10-15(22)20(4)12(19(13,3)8-7-14(18)21)6-5-11-9-16(23)24-17(11)20/h9,12-14,17,21H,5-8,10H2,1-4H3/t12-,13+,14+,17+,19-,20-/m1/s1. The maximum absolute atomic E-state index is 13.3. The van der Waals surface area contributed by atoms with Crippen LogP contribution >= 0.6 is 0 Å². The Morgan fingerprint density at radius 1 is 1.12 bits per heavy atom. The Balaban J connectivity index is 1.80. The summed E-state index contributed by atoms with van der Waals surface area (Å²) in [5, 5.41) is 10.5. The second-order valence-electron chi connectivity index (χ2n) is 9.47. The lowest BCUT2D eigenvalue weighted by Crippen LogP contribution is -2.65. The molecule has 0 aromatic rings. The Labute approximate surface area is 143 Å². The number of Topliss-reactive ketones (excluding diaryl/α,β-unsaturated/α-hetero) is 1. The van der Waals surface area contributed by atoms with E-state index in [0.29, 0.717) is 6.42 Å². The van der Waals surface area contributed by atoms with Crippen LogP contribution in [0.5, 0.6) is 0 Å². The predicted octanol–water partition coefficient (Wildman–Crippen LogP) is 3.03. The largest absolute Gasteiger partial charge is 0.454 e. The highest BCUT2D eigenvalue weighted by Crippen LogP contribution is 2.67. The molecule has 0 radical (unpaired) electrons. The first-order valence-corrected chi connectivity index (χ1v) is 9.24. The van der Waals surface area contributed by atoms with Gasteiger partial charge in [-0.15, -0.1) is 0 Å². The number of ketones is 1. The molecule has 4 aliphatic rings. The maximum atomic E-state index is 13.3. The molecule has 3 aliphatic carbocycles. The van der Waals surface area contributed by atoms with Crippen molar-refractivity contribution in [3.63, 3.8) is 0 Å². The van der Waals surface area contributed by atoms with E-state index in [-0.39, 0.29) is 46.6 Å². The van der Waals surface area contributed by atoms with Gasteiger partial charge in [-0.1, -0.05) is 20.8 Å². The maximum Gasteiger partial charge on any atom is 0.331 e. The van der Waals surface area contributed by atoms with E-state index in [9.17, 15) is 14.7 Å². The van der Waals surface area contributed by atoms with Crippen molar-refractivity contribution in [2.75, 3.05) is 0 Å². The number of ether oxygens (including phenoxy) is 1. The lowest BCUT2D eigenvalue weighted by molar-refractivity contribution is -0.199. The molecule has 6 atom stereocenters. The number of rotatable bonds is 0. The van der Waals surface area contributed by atoms with E-state index in [4.69, 9.17) is 4.74 Å². The molecule has 1 aliphatic heterocycles. The molecule has 0 spiro atoms. The van der Waals surface area contributed by atoms with Crippen molar-refractivity contribution in [1.29, 1.82) is 0 Å². The lowest BCUT2D eigenvalue weighted by atomic mass is 9.39. The molecule has 0 aromatic heterocycles. The smallest absolute Gasteiger partial charge is 0.331 e. The van der Waals surface area contributed by atoms with Gasteiger partial charge >= 0.3 is 5.97 Å². The van der Waals surface area contributed by atoms with Gasteiger partial charge in [-0.05, 0) is 60.8 Å². The van der Waals surface area contributed by atoms with E-state index in [2.05, 4.69) is 20.8 Å². The molecule has 1 heterocycles. The summed E-state index contributed by atoms with van der Waals surface area (Å²) < 4.78 is 5.60. The van der Waals surface area contributed by atoms with Gasteiger partial charge in [0.1, 0.15) is 11.9 Å². The van der Waals surface area contributed by atoms with Gasteiger partial charge in [0.15, 0.2) is 0 Å². The zero-order valence-electron chi connectivity index (χ0n) is 15.1. The van der Waals surface area contributed by atoms with Gasteiger partial charge in [0.05, 0.1) is 11.5 Å². The number of aliphatic hydroxyl groups excluding tert-OH is 1. The number of hydrogen-bond acceptors (Lipinski definition) is 4. The van der Waals surface area contributed by atoms with E-state index in [1.165, 1.54) is 0 Å². The Morgan fingerprint density at radius 3 is 2.54 bits per heavy atom. The first-order chi connectivity index (χ1) is 11.1. The Morgan fingerprint density at radius 2 is 1.83 bits per heavy atom. The molecule has 3 saturated carbocycles. The molecule has 132 valence electrons. The summed E-state index contributed by atoms with van der Waals surface area (Å²) in [5.74, 6) is 0.303. The minimum Gasteiger partial charge on any atom is -0.454 e. The van der Waals surface area contributed by atoms with Crippen molar-refractivity contribution >= 4 is 11.8 Å². The van der Waals surface area contributed by atoms with Gasteiger partial charge in [-0.2, -0.15) is 0 Å². The van der Waals surface area contributed by atoms with Crippen molar-refractivity contribution in [3.8, 4) is 0 Å². The molecule has 3 fully saturated rings. The molecule has 4 heteroatoms. The van der Waals surface area contributed by atoms with Crippen LogP contribution in [0.25, 0.3) is 0 Å². The summed E-state index contributed by atoms with van der Waals surface area (Å²) in [6.07, 6.45) is 4.86. The third-order valence-electron chi connectivity index (χ3n) is 8.16. The average Bonchev–Trinajstić information content (AvgIpc) is 2.89. The van der Waals surface area contributed by atoms with E-state index in [1.807, 2.05) is 6.92 Å². The fraction of sp³-hybridized carbons (Fsp3) is 0.800.